The molecule has 0 saturated carbocycles. The Hall–Kier alpha value is -1.90. The predicted octanol–water partition coefficient (Wildman–Crippen LogP) is 2.44. The number of carbonyl (C=O) groups excluding carboxylic acids is 1. The smallest absolute Gasteiger partial charge is 0.254 e. The van der Waals surface area contributed by atoms with Gasteiger partial charge in [0.05, 0.1) is 18.9 Å². The van der Waals surface area contributed by atoms with Crippen molar-refractivity contribution < 1.29 is 9.53 Å². The zero-order valence-corrected chi connectivity index (χ0v) is 15.8. The topological polar surface area (TPSA) is 58.6 Å². The van der Waals surface area contributed by atoms with E-state index in [0.29, 0.717) is 19.0 Å². The fraction of sp³-hybridized carbons (Fsp3) is 0.353. The Morgan fingerprint density at radius 2 is 2.21 bits per heavy atom. The molecule has 2 aromatic rings. The van der Waals surface area contributed by atoms with Crippen LogP contribution in [0.1, 0.15) is 16.8 Å². The summed E-state index contributed by atoms with van der Waals surface area (Å²) in [4.78, 5) is 24.8. The zero-order valence-electron chi connectivity index (χ0n) is 13.6. The zero-order chi connectivity index (χ0) is 17.1. The highest BCUT2D eigenvalue weighted by molar-refractivity contribution is 14.1. The predicted molar refractivity (Wildman–Crippen MR) is 100 cm³/mol. The van der Waals surface area contributed by atoms with Crippen molar-refractivity contribution >= 4 is 34.3 Å². The van der Waals surface area contributed by atoms with Crippen molar-refractivity contribution in [2.24, 2.45) is 0 Å². The van der Waals surface area contributed by atoms with E-state index in [1.54, 1.807) is 12.4 Å². The van der Waals surface area contributed by atoms with Crippen molar-refractivity contribution in [2.45, 2.75) is 12.5 Å². The maximum absolute atomic E-state index is 12.6. The first-order valence-corrected chi connectivity index (χ1v) is 8.81. The molecule has 1 atom stereocenters. The van der Waals surface area contributed by atoms with Crippen LogP contribution in [0.4, 0.5) is 5.82 Å². The van der Waals surface area contributed by atoms with Gasteiger partial charge in [-0.3, -0.25) is 9.78 Å². The van der Waals surface area contributed by atoms with Crippen LogP contribution in [0, 0.1) is 3.57 Å². The lowest BCUT2D eigenvalue weighted by Gasteiger charge is -2.18. The second-order valence-electron chi connectivity index (χ2n) is 5.90. The van der Waals surface area contributed by atoms with Crippen molar-refractivity contribution in [2.75, 3.05) is 32.1 Å². The van der Waals surface area contributed by atoms with Crippen molar-refractivity contribution in [1.29, 1.82) is 0 Å². The Kier molecular flexibility index (Phi) is 5.17. The number of hydrogen-bond donors (Lipinski definition) is 0. The van der Waals surface area contributed by atoms with Gasteiger partial charge in [0, 0.05) is 36.2 Å². The quantitative estimate of drug-likeness (QED) is 0.687. The van der Waals surface area contributed by atoms with Gasteiger partial charge in [0.1, 0.15) is 6.10 Å². The largest absolute Gasteiger partial charge is 0.471 e. The van der Waals surface area contributed by atoms with Gasteiger partial charge in [0.15, 0.2) is 5.82 Å². The summed E-state index contributed by atoms with van der Waals surface area (Å²) in [5, 5.41) is 0. The van der Waals surface area contributed by atoms with E-state index in [-0.39, 0.29) is 12.0 Å². The molecule has 3 rings (SSSR count). The van der Waals surface area contributed by atoms with Gasteiger partial charge >= 0.3 is 0 Å². The average molecular weight is 438 g/mol. The molecule has 0 aliphatic carbocycles. The highest BCUT2D eigenvalue weighted by Gasteiger charge is 2.28. The van der Waals surface area contributed by atoms with Crippen molar-refractivity contribution in [3.8, 4) is 5.88 Å². The van der Waals surface area contributed by atoms with Crippen LogP contribution in [0.15, 0.2) is 36.7 Å². The number of rotatable bonds is 4. The maximum atomic E-state index is 12.6. The summed E-state index contributed by atoms with van der Waals surface area (Å²) in [6.07, 6.45) is 4.04. The minimum atomic E-state index is -0.0524. The lowest BCUT2D eigenvalue weighted by Crippen LogP contribution is -2.31. The number of hydrogen-bond acceptors (Lipinski definition) is 5. The van der Waals surface area contributed by atoms with Crippen LogP contribution >= 0.6 is 22.6 Å². The molecule has 1 fully saturated rings. The maximum Gasteiger partial charge on any atom is 0.254 e. The minimum absolute atomic E-state index is 0.0488. The molecule has 1 aromatic carbocycles. The number of aromatic nitrogens is 2. The summed E-state index contributed by atoms with van der Waals surface area (Å²) < 4.78 is 6.97. The van der Waals surface area contributed by atoms with Crippen molar-refractivity contribution in [3.63, 3.8) is 0 Å². The van der Waals surface area contributed by atoms with Gasteiger partial charge in [-0.25, -0.2) is 0 Å². The summed E-state index contributed by atoms with van der Waals surface area (Å²) in [5.74, 6) is 1.29. The van der Waals surface area contributed by atoms with Crippen LogP contribution < -0.4 is 9.64 Å². The number of halogens is 1. The SMILES string of the molecule is CN(C)c1cncc(OC2CCN(C(=O)c3cccc(I)c3)C2)n1. The third kappa shape index (κ3) is 3.95. The van der Waals surface area contributed by atoms with Gasteiger partial charge < -0.3 is 14.5 Å². The van der Waals surface area contributed by atoms with E-state index in [0.717, 1.165) is 21.4 Å². The monoisotopic (exact) mass is 438 g/mol. The van der Waals surface area contributed by atoms with Crippen LogP contribution in [-0.2, 0) is 0 Å². The van der Waals surface area contributed by atoms with Crippen molar-refractivity contribution in [1.82, 2.24) is 14.9 Å². The number of ether oxygens (including phenoxy) is 1. The van der Waals surface area contributed by atoms with Gasteiger partial charge in [-0.1, -0.05) is 6.07 Å². The van der Waals surface area contributed by atoms with Crippen LogP contribution in [0.5, 0.6) is 5.88 Å². The number of likely N-dealkylation sites (tertiary alicyclic amines) is 1. The van der Waals surface area contributed by atoms with Gasteiger partial charge in [-0.2, -0.15) is 4.98 Å². The molecule has 126 valence electrons. The standard InChI is InChI=1S/C17H19IN4O2/c1-21(2)15-9-19-10-16(20-15)24-14-6-7-22(11-14)17(23)12-4-3-5-13(18)8-12/h3-5,8-10,14H,6-7,11H2,1-2H3. The Labute approximate surface area is 155 Å². The molecule has 24 heavy (non-hydrogen) atoms. The summed E-state index contributed by atoms with van der Waals surface area (Å²) >= 11 is 2.21. The van der Waals surface area contributed by atoms with Crippen LogP contribution in [0.3, 0.4) is 0 Å². The van der Waals surface area contributed by atoms with Gasteiger partial charge in [0.25, 0.3) is 5.91 Å². The number of nitrogens with zero attached hydrogens (tertiary/aromatic N) is 4. The highest BCUT2D eigenvalue weighted by atomic mass is 127. The second-order valence-corrected chi connectivity index (χ2v) is 7.15. The third-order valence-electron chi connectivity index (χ3n) is 3.85. The Bertz CT molecular complexity index is 738. The van der Waals surface area contributed by atoms with Gasteiger partial charge in [-0.05, 0) is 40.8 Å². The van der Waals surface area contributed by atoms with E-state index in [1.807, 2.05) is 48.2 Å². The van der Waals surface area contributed by atoms with E-state index in [9.17, 15) is 4.79 Å². The first-order chi connectivity index (χ1) is 11.5. The Balaban J connectivity index is 1.63. The molecular formula is C17H19IN4O2. The number of anilines is 1. The van der Waals surface area contributed by atoms with Crippen LogP contribution in [-0.4, -0.2) is 54.1 Å². The number of benzene rings is 1. The third-order valence-corrected chi connectivity index (χ3v) is 4.52. The molecule has 0 N–H and O–H groups in total. The molecular weight excluding hydrogens is 419 g/mol. The molecule has 0 radical (unpaired) electrons. The van der Waals surface area contributed by atoms with E-state index in [4.69, 9.17) is 4.74 Å². The fourth-order valence-electron chi connectivity index (χ4n) is 2.59. The molecule has 1 amide bonds. The molecule has 0 spiro atoms. The van der Waals surface area contributed by atoms with Crippen LogP contribution in [0.25, 0.3) is 0 Å². The highest BCUT2D eigenvalue weighted by Crippen LogP contribution is 2.20. The fourth-order valence-corrected chi connectivity index (χ4v) is 3.14. The van der Waals surface area contributed by atoms with E-state index in [1.165, 1.54) is 0 Å². The molecule has 1 unspecified atom stereocenters. The molecule has 1 saturated heterocycles. The molecule has 7 heteroatoms. The van der Waals surface area contributed by atoms with Crippen LogP contribution in [0.2, 0.25) is 0 Å². The number of carbonyl (C=O) groups is 1. The molecule has 2 heterocycles. The Morgan fingerprint density at radius 1 is 1.38 bits per heavy atom. The summed E-state index contributed by atoms with van der Waals surface area (Å²) in [5.41, 5.74) is 0.719. The van der Waals surface area contributed by atoms with Crippen molar-refractivity contribution in [3.05, 3.63) is 45.8 Å². The second kappa shape index (κ2) is 7.33. The summed E-state index contributed by atoms with van der Waals surface area (Å²) in [6, 6.07) is 7.64. The summed E-state index contributed by atoms with van der Waals surface area (Å²) in [6.45, 7) is 1.26. The lowest BCUT2D eigenvalue weighted by molar-refractivity contribution is 0.0771. The lowest BCUT2D eigenvalue weighted by atomic mass is 10.2. The molecule has 1 aliphatic rings. The van der Waals surface area contributed by atoms with Gasteiger partial charge in [-0.15, -0.1) is 0 Å². The van der Waals surface area contributed by atoms with Gasteiger partial charge in [0.2, 0.25) is 5.88 Å². The molecule has 6 nitrogen and oxygen atoms in total. The van der Waals surface area contributed by atoms with E-state index < -0.39 is 0 Å². The molecule has 1 aliphatic heterocycles. The Morgan fingerprint density at radius 3 is 2.96 bits per heavy atom. The normalized spacial score (nSPS) is 17.0. The van der Waals surface area contributed by atoms with E-state index >= 15 is 0 Å². The molecule has 0 bridgehead atoms. The first-order valence-electron chi connectivity index (χ1n) is 7.74. The first kappa shape index (κ1) is 16.9. The van der Waals surface area contributed by atoms with E-state index in [2.05, 4.69) is 32.6 Å². The minimum Gasteiger partial charge on any atom is -0.471 e. The number of amides is 1. The molecule has 1 aromatic heterocycles. The summed E-state index contributed by atoms with van der Waals surface area (Å²) in [7, 11) is 3.82. The average Bonchev–Trinajstić information content (AvgIpc) is 3.03.